The Morgan fingerprint density at radius 2 is 2.17 bits per heavy atom. The molecule has 154 valence electrons. The van der Waals surface area contributed by atoms with E-state index in [-0.39, 0.29) is 11.3 Å². The Kier molecular flexibility index (Phi) is 5.83. The number of halogens is 2. The highest BCUT2D eigenvalue weighted by atomic mass is 32.2. The standard InChI is InChI=1S/C21H18F2N4OS2/c1-3-6-30-27-16-5-4-15(22)18(19(16)23)20(28)14-9-25-21-13(14)7-12(8-24-21)17-10-29-11(2)26-17/h4-5,7-10,27H,3,6H2,1-2H3,(H,24,25). The van der Waals surface area contributed by atoms with Gasteiger partial charge in [0, 0.05) is 40.0 Å². The van der Waals surface area contributed by atoms with Crippen molar-refractivity contribution >= 4 is 45.8 Å². The van der Waals surface area contributed by atoms with Crippen LogP contribution in [-0.4, -0.2) is 26.5 Å². The zero-order chi connectivity index (χ0) is 21.3. The predicted octanol–water partition coefficient (Wildman–Crippen LogP) is 5.97. The minimum absolute atomic E-state index is 0.0785. The van der Waals surface area contributed by atoms with Crippen molar-refractivity contribution in [3.63, 3.8) is 0 Å². The SMILES string of the molecule is CCCSNc1ccc(F)c(C(=O)c2c[nH]c3ncc(-c4csc(C)n4)cc23)c1F. The van der Waals surface area contributed by atoms with Gasteiger partial charge in [-0.15, -0.1) is 11.3 Å². The van der Waals surface area contributed by atoms with Gasteiger partial charge in [-0.05, 0) is 31.5 Å². The van der Waals surface area contributed by atoms with Crippen molar-refractivity contribution in [2.24, 2.45) is 0 Å². The predicted molar refractivity (Wildman–Crippen MR) is 118 cm³/mol. The summed E-state index contributed by atoms with van der Waals surface area (Å²) in [6.45, 7) is 3.90. The Balaban J connectivity index is 1.75. The third-order valence-corrected chi connectivity index (χ3v) is 6.25. The van der Waals surface area contributed by atoms with E-state index in [1.165, 1.54) is 35.5 Å². The van der Waals surface area contributed by atoms with E-state index in [4.69, 9.17) is 0 Å². The number of pyridine rings is 1. The smallest absolute Gasteiger partial charge is 0.201 e. The van der Waals surface area contributed by atoms with E-state index in [0.29, 0.717) is 11.0 Å². The van der Waals surface area contributed by atoms with Crippen LogP contribution < -0.4 is 4.72 Å². The van der Waals surface area contributed by atoms with Gasteiger partial charge in [-0.3, -0.25) is 4.79 Å². The molecule has 0 aliphatic rings. The second-order valence-electron chi connectivity index (χ2n) is 6.64. The lowest BCUT2D eigenvalue weighted by Crippen LogP contribution is -2.09. The number of fused-ring (bicyclic) bond motifs is 1. The monoisotopic (exact) mass is 444 g/mol. The van der Waals surface area contributed by atoms with Crippen LogP contribution in [0.25, 0.3) is 22.3 Å². The van der Waals surface area contributed by atoms with E-state index in [9.17, 15) is 13.6 Å². The van der Waals surface area contributed by atoms with E-state index < -0.39 is 23.0 Å². The zero-order valence-corrected chi connectivity index (χ0v) is 17.9. The molecule has 0 bridgehead atoms. The molecule has 0 radical (unpaired) electrons. The van der Waals surface area contributed by atoms with Gasteiger partial charge in [-0.1, -0.05) is 18.9 Å². The average molecular weight is 445 g/mol. The number of benzene rings is 1. The lowest BCUT2D eigenvalue weighted by atomic mass is 10.0. The number of rotatable bonds is 7. The van der Waals surface area contributed by atoms with Gasteiger partial charge < -0.3 is 9.71 Å². The Morgan fingerprint density at radius 3 is 2.90 bits per heavy atom. The highest BCUT2D eigenvalue weighted by molar-refractivity contribution is 8.00. The molecule has 0 unspecified atom stereocenters. The lowest BCUT2D eigenvalue weighted by molar-refractivity contribution is 0.103. The van der Waals surface area contributed by atoms with Gasteiger partial charge in [0.2, 0.25) is 5.78 Å². The van der Waals surface area contributed by atoms with Crippen LogP contribution in [0.15, 0.2) is 36.0 Å². The fourth-order valence-corrected chi connectivity index (χ4v) is 4.27. The van der Waals surface area contributed by atoms with E-state index in [2.05, 4.69) is 19.7 Å². The molecule has 2 N–H and O–H groups in total. The first-order chi connectivity index (χ1) is 14.5. The molecule has 0 fully saturated rings. The first kappa shape index (κ1) is 20.5. The first-order valence-electron chi connectivity index (χ1n) is 9.29. The van der Waals surface area contributed by atoms with Gasteiger partial charge in [0.25, 0.3) is 0 Å². The van der Waals surface area contributed by atoms with Crippen molar-refractivity contribution in [2.75, 3.05) is 10.5 Å². The number of carbonyl (C=O) groups is 1. The zero-order valence-electron chi connectivity index (χ0n) is 16.3. The fourth-order valence-electron chi connectivity index (χ4n) is 3.03. The van der Waals surface area contributed by atoms with Crippen molar-refractivity contribution in [1.29, 1.82) is 0 Å². The Hall–Kier alpha value is -2.78. The molecule has 0 saturated heterocycles. The number of thiazole rings is 1. The fraction of sp³-hybridized carbons (Fsp3) is 0.190. The van der Waals surface area contributed by atoms with Crippen molar-refractivity contribution < 1.29 is 13.6 Å². The summed E-state index contributed by atoms with van der Waals surface area (Å²) < 4.78 is 32.3. The van der Waals surface area contributed by atoms with E-state index in [1.807, 2.05) is 19.2 Å². The van der Waals surface area contributed by atoms with Gasteiger partial charge in [0.05, 0.1) is 22.0 Å². The number of ketones is 1. The lowest BCUT2D eigenvalue weighted by Gasteiger charge is -2.10. The molecule has 4 rings (SSSR count). The number of H-pyrrole nitrogens is 1. The topological polar surface area (TPSA) is 70.7 Å². The molecule has 0 spiro atoms. The van der Waals surface area contributed by atoms with Crippen LogP contribution in [0.4, 0.5) is 14.5 Å². The summed E-state index contributed by atoms with van der Waals surface area (Å²) in [6, 6.07) is 4.15. The van der Waals surface area contributed by atoms with Crippen molar-refractivity contribution in [2.45, 2.75) is 20.3 Å². The third-order valence-electron chi connectivity index (χ3n) is 4.50. The number of hydrogen-bond donors (Lipinski definition) is 2. The van der Waals surface area contributed by atoms with Crippen LogP contribution in [0, 0.1) is 18.6 Å². The number of aromatic amines is 1. The number of nitrogens with zero attached hydrogens (tertiary/aromatic N) is 2. The van der Waals surface area contributed by atoms with Crippen LogP contribution in [0.1, 0.15) is 34.3 Å². The molecule has 3 heterocycles. The second-order valence-corrected chi connectivity index (χ2v) is 8.60. The largest absolute Gasteiger partial charge is 0.345 e. The minimum atomic E-state index is -0.905. The molecule has 0 amide bonds. The summed E-state index contributed by atoms with van der Waals surface area (Å²) in [7, 11) is 0. The third kappa shape index (κ3) is 3.82. The summed E-state index contributed by atoms with van der Waals surface area (Å²) in [5.41, 5.74) is 1.57. The number of hydrogen-bond acceptors (Lipinski definition) is 6. The molecule has 1 aromatic carbocycles. The van der Waals surface area contributed by atoms with E-state index in [1.54, 1.807) is 12.3 Å². The molecule has 0 saturated carbocycles. The molecule has 9 heteroatoms. The van der Waals surface area contributed by atoms with Crippen LogP contribution in [0.2, 0.25) is 0 Å². The maximum Gasteiger partial charge on any atom is 0.201 e. The van der Waals surface area contributed by atoms with Crippen LogP contribution in [-0.2, 0) is 0 Å². The minimum Gasteiger partial charge on any atom is -0.345 e. The summed E-state index contributed by atoms with van der Waals surface area (Å²) >= 11 is 2.81. The Labute approximate surface area is 180 Å². The normalized spacial score (nSPS) is 11.2. The number of aryl methyl sites for hydroxylation is 1. The number of aromatic nitrogens is 3. The van der Waals surface area contributed by atoms with Crippen molar-refractivity contribution in [3.8, 4) is 11.3 Å². The maximum atomic E-state index is 15.0. The maximum absolute atomic E-state index is 15.0. The Morgan fingerprint density at radius 1 is 1.33 bits per heavy atom. The van der Waals surface area contributed by atoms with Gasteiger partial charge in [0.1, 0.15) is 11.5 Å². The van der Waals surface area contributed by atoms with Crippen LogP contribution in [0.5, 0.6) is 0 Å². The number of carbonyl (C=O) groups excluding carboxylic acids is 1. The van der Waals surface area contributed by atoms with Gasteiger partial charge in [-0.25, -0.2) is 18.7 Å². The number of anilines is 1. The summed E-state index contributed by atoms with van der Waals surface area (Å²) in [6.07, 6.45) is 3.98. The highest BCUT2D eigenvalue weighted by Crippen LogP contribution is 2.30. The van der Waals surface area contributed by atoms with E-state index in [0.717, 1.165) is 34.5 Å². The van der Waals surface area contributed by atoms with Gasteiger partial charge >= 0.3 is 0 Å². The van der Waals surface area contributed by atoms with E-state index >= 15 is 0 Å². The molecular formula is C21H18F2N4OS2. The summed E-state index contributed by atoms with van der Waals surface area (Å²) in [5, 5.41) is 3.29. The molecule has 0 atom stereocenters. The second kappa shape index (κ2) is 8.53. The summed E-state index contributed by atoms with van der Waals surface area (Å²) in [5.74, 6) is -1.80. The molecule has 4 aromatic rings. The van der Waals surface area contributed by atoms with Crippen LogP contribution >= 0.6 is 23.3 Å². The molecule has 0 aliphatic heterocycles. The van der Waals surface area contributed by atoms with Crippen LogP contribution in [0.3, 0.4) is 0 Å². The molecular weight excluding hydrogens is 426 g/mol. The quantitative estimate of drug-likeness (QED) is 0.209. The number of nitrogens with one attached hydrogen (secondary N) is 2. The van der Waals surface area contributed by atoms with Gasteiger partial charge in [-0.2, -0.15) is 0 Å². The highest BCUT2D eigenvalue weighted by Gasteiger charge is 2.24. The molecule has 30 heavy (non-hydrogen) atoms. The Bertz CT molecular complexity index is 1240. The van der Waals surface area contributed by atoms with Crippen molar-refractivity contribution in [3.05, 3.63) is 63.7 Å². The van der Waals surface area contributed by atoms with Crippen molar-refractivity contribution in [1.82, 2.24) is 15.0 Å². The first-order valence-corrected chi connectivity index (χ1v) is 11.2. The average Bonchev–Trinajstić information content (AvgIpc) is 3.35. The molecule has 5 nitrogen and oxygen atoms in total. The summed E-state index contributed by atoms with van der Waals surface area (Å²) in [4.78, 5) is 24.8. The van der Waals surface area contributed by atoms with Gasteiger partial charge in [0.15, 0.2) is 5.82 Å². The molecule has 3 aromatic heterocycles. The molecule has 0 aliphatic carbocycles.